The van der Waals surface area contributed by atoms with E-state index >= 15 is 0 Å². The third kappa shape index (κ3) is 4.20. The molecule has 18 heavy (non-hydrogen) atoms. The van der Waals surface area contributed by atoms with Gasteiger partial charge in [0.15, 0.2) is 5.84 Å². The molecule has 0 aromatic heterocycles. The smallest absolute Gasteiger partial charge is 0.231 e. The Morgan fingerprint density at radius 1 is 1.39 bits per heavy atom. The molecule has 1 aliphatic rings. The highest BCUT2D eigenvalue weighted by atomic mass is 16.4. The van der Waals surface area contributed by atoms with Crippen molar-refractivity contribution in [3.05, 3.63) is 0 Å². The molecule has 1 amide bonds. The van der Waals surface area contributed by atoms with Gasteiger partial charge in [-0.15, -0.1) is 0 Å². The third-order valence-electron chi connectivity index (χ3n) is 3.67. The van der Waals surface area contributed by atoms with Crippen LogP contribution < -0.4 is 11.1 Å². The number of nitrogens with two attached hydrogens (primary N) is 1. The summed E-state index contributed by atoms with van der Waals surface area (Å²) in [7, 11) is 0. The maximum Gasteiger partial charge on any atom is 0.231 e. The van der Waals surface area contributed by atoms with Gasteiger partial charge in [0.05, 0.1) is 0 Å². The molecule has 1 fully saturated rings. The second-order valence-corrected chi connectivity index (χ2v) is 5.50. The minimum atomic E-state index is -0.543. The maximum atomic E-state index is 12.0. The fourth-order valence-electron chi connectivity index (χ4n) is 2.59. The lowest BCUT2D eigenvalue weighted by Gasteiger charge is -2.24. The first-order valence-electron chi connectivity index (χ1n) is 6.81. The Morgan fingerprint density at radius 2 is 2.00 bits per heavy atom. The Kier molecular flexibility index (Phi) is 5.95. The zero-order valence-electron chi connectivity index (χ0n) is 11.4. The van der Waals surface area contributed by atoms with Crippen LogP contribution in [0.4, 0.5) is 0 Å². The second-order valence-electron chi connectivity index (χ2n) is 5.50. The van der Waals surface area contributed by atoms with Gasteiger partial charge in [-0.2, -0.15) is 0 Å². The molecule has 0 aromatic rings. The predicted octanol–water partition coefficient (Wildman–Crippen LogP) is 1.70. The van der Waals surface area contributed by atoms with Crippen LogP contribution >= 0.6 is 0 Å². The average Bonchev–Trinajstić information content (AvgIpc) is 2.37. The number of hydrogen-bond acceptors (Lipinski definition) is 3. The van der Waals surface area contributed by atoms with Gasteiger partial charge in [-0.3, -0.25) is 4.79 Å². The van der Waals surface area contributed by atoms with Crippen LogP contribution in [0.5, 0.6) is 0 Å². The molecule has 5 nitrogen and oxygen atoms in total. The Morgan fingerprint density at radius 3 is 2.50 bits per heavy atom. The van der Waals surface area contributed by atoms with Crippen LogP contribution in [-0.2, 0) is 4.79 Å². The first-order valence-corrected chi connectivity index (χ1v) is 6.81. The van der Waals surface area contributed by atoms with Crippen molar-refractivity contribution in [3.63, 3.8) is 0 Å². The molecule has 104 valence electrons. The summed E-state index contributed by atoms with van der Waals surface area (Å²) in [6.07, 6.45) is 6.21. The minimum absolute atomic E-state index is 0.00820. The SMILES string of the molecule is CC(C)C(C(=O)NCC1CCCCC1)/C(N)=N/O. The van der Waals surface area contributed by atoms with Gasteiger partial charge in [0, 0.05) is 6.54 Å². The normalized spacial score (nSPS) is 19.8. The highest BCUT2D eigenvalue weighted by Gasteiger charge is 2.27. The largest absolute Gasteiger partial charge is 0.409 e. The van der Waals surface area contributed by atoms with Gasteiger partial charge in [0.2, 0.25) is 5.91 Å². The van der Waals surface area contributed by atoms with Gasteiger partial charge >= 0.3 is 0 Å². The van der Waals surface area contributed by atoms with E-state index in [-0.39, 0.29) is 17.7 Å². The van der Waals surface area contributed by atoms with Gasteiger partial charge in [-0.1, -0.05) is 38.3 Å². The van der Waals surface area contributed by atoms with E-state index in [2.05, 4.69) is 10.5 Å². The Labute approximate surface area is 109 Å². The van der Waals surface area contributed by atoms with Crippen molar-refractivity contribution in [1.29, 1.82) is 0 Å². The predicted molar refractivity (Wildman–Crippen MR) is 71.3 cm³/mol. The van der Waals surface area contributed by atoms with E-state index < -0.39 is 5.92 Å². The zero-order chi connectivity index (χ0) is 13.5. The summed E-state index contributed by atoms with van der Waals surface area (Å²) in [6.45, 7) is 4.49. The fraction of sp³-hybridized carbons (Fsp3) is 0.846. The second kappa shape index (κ2) is 7.24. The summed E-state index contributed by atoms with van der Waals surface area (Å²) in [4.78, 5) is 12.0. The molecule has 1 atom stereocenters. The van der Waals surface area contributed by atoms with Gasteiger partial charge in [0.25, 0.3) is 0 Å². The van der Waals surface area contributed by atoms with Crippen LogP contribution in [0.15, 0.2) is 5.16 Å². The number of rotatable bonds is 5. The zero-order valence-corrected chi connectivity index (χ0v) is 11.4. The van der Waals surface area contributed by atoms with Crippen LogP contribution in [0.25, 0.3) is 0 Å². The standard InChI is InChI=1S/C13H25N3O2/c1-9(2)11(12(14)16-18)13(17)15-8-10-6-4-3-5-7-10/h9-11,18H,3-8H2,1-2H3,(H2,14,16)(H,15,17). The van der Waals surface area contributed by atoms with E-state index in [1.807, 2.05) is 13.8 Å². The lowest BCUT2D eigenvalue weighted by Crippen LogP contribution is -2.43. The van der Waals surface area contributed by atoms with E-state index in [4.69, 9.17) is 10.9 Å². The van der Waals surface area contributed by atoms with Crippen molar-refractivity contribution < 1.29 is 10.0 Å². The van der Waals surface area contributed by atoms with Crippen LogP contribution in [0.1, 0.15) is 46.0 Å². The third-order valence-corrected chi connectivity index (χ3v) is 3.67. The van der Waals surface area contributed by atoms with Gasteiger partial charge in [-0.05, 0) is 24.7 Å². The summed E-state index contributed by atoms with van der Waals surface area (Å²) in [5.74, 6) is -0.0781. The molecule has 0 spiro atoms. The van der Waals surface area contributed by atoms with Gasteiger partial charge in [-0.25, -0.2) is 0 Å². The van der Waals surface area contributed by atoms with E-state index in [0.29, 0.717) is 12.5 Å². The molecule has 0 heterocycles. The molecule has 1 rings (SSSR count). The number of hydrogen-bond donors (Lipinski definition) is 3. The van der Waals surface area contributed by atoms with E-state index in [0.717, 1.165) is 0 Å². The highest BCUT2D eigenvalue weighted by molar-refractivity contribution is 6.02. The topological polar surface area (TPSA) is 87.7 Å². The lowest BCUT2D eigenvalue weighted by atomic mass is 9.88. The summed E-state index contributed by atoms with van der Waals surface area (Å²) < 4.78 is 0. The summed E-state index contributed by atoms with van der Waals surface area (Å²) in [6, 6.07) is 0. The lowest BCUT2D eigenvalue weighted by molar-refractivity contribution is -0.124. The monoisotopic (exact) mass is 255 g/mol. The van der Waals surface area contributed by atoms with Crippen LogP contribution in [0.2, 0.25) is 0 Å². The molecule has 0 aliphatic heterocycles. The van der Waals surface area contributed by atoms with Crippen molar-refractivity contribution in [3.8, 4) is 0 Å². The fourth-order valence-corrected chi connectivity index (χ4v) is 2.59. The van der Waals surface area contributed by atoms with Crippen molar-refractivity contribution in [2.45, 2.75) is 46.0 Å². The molecular weight excluding hydrogens is 230 g/mol. The number of nitrogens with zero attached hydrogens (tertiary/aromatic N) is 1. The summed E-state index contributed by atoms with van der Waals surface area (Å²) in [5.41, 5.74) is 5.57. The van der Waals surface area contributed by atoms with Crippen LogP contribution in [0.3, 0.4) is 0 Å². The number of nitrogens with one attached hydrogen (secondary N) is 1. The molecule has 1 unspecified atom stereocenters. The first kappa shape index (κ1) is 14.8. The van der Waals surface area contributed by atoms with Crippen LogP contribution in [-0.4, -0.2) is 23.5 Å². The number of carbonyl (C=O) groups excluding carboxylic acids is 1. The van der Waals surface area contributed by atoms with Gasteiger partial charge < -0.3 is 16.3 Å². The number of carbonyl (C=O) groups is 1. The van der Waals surface area contributed by atoms with Crippen molar-refractivity contribution in [2.24, 2.45) is 28.6 Å². The Bertz CT molecular complexity index is 297. The van der Waals surface area contributed by atoms with Crippen molar-refractivity contribution >= 4 is 11.7 Å². The van der Waals surface area contributed by atoms with E-state index in [1.165, 1.54) is 32.1 Å². The molecule has 4 N–H and O–H groups in total. The number of oxime groups is 1. The Balaban J connectivity index is 2.46. The highest BCUT2D eigenvalue weighted by Crippen LogP contribution is 2.23. The Hall–Kier alpha value is -1.26. The number of amidine groups is 1. The van der Waals surface area contributed by atoms with Crippen molar-refractivity contribution in [1.82, 2.24) is 5.32 Å². The molecule has 1 aliphatic carbocycles. The molecule has 0 aromatic carbocycles. The average molecular weight is 255 g/mol. The summed E-state index contributed by atoms with van der Waals surface area (Å²) in [5, 5.41) is 14.6. The molecule has 0 bridgehead atoms. The quantitative estimate of drug-likeness (QED) is 0.302. The minimum Gasteiger partial charge on any atom is -0.409 e. The number of amides is 1. The summed E-state index contributed by atoms with van der Waals surface area (Å²) >= 11 is 0. The maximum absolute atomic E-state index is 12.0. The first-order chi connectivity index (χ1) is 8.56. The molecule has 0 radical (unpaired) electrons. The molecule has 0 saturated heterocycles. The molecule has 1 saturated carbocycles. The van der Waals surface area contributed by atoms with Crippen LogP contribution in [0, 0.1) is 17.8 Å². The van der Waals surface area contributed by atoms with E-state index in [1.54, 1.807) is 0 Å². The van der Waals surface area contributed by atoms with Crippen molar-refractivity contribution in [2.75, 3.05) is 6.54 Å². The molecule has 5 heteroatoms. The van der Waals surface area contributed by atoms with Gasteiger partial charge in [0.1, 0.15) is 5.92 Å². The molecular formula is C13H25N3O2. The van der Waals surface area contributed by atoms with E-state index in [9.17, 15) is 4.79 Å².